The molecule has 0 radical (unpaired) electrons. The second-order valence-corrected chi connectivity index (χ2v) is 7.98. The maximum Gasteiger partial charge on any atom is 0.255 e. The van der Waals surface area contributed by atoms with Crippen LogP contribution in [-0.2, 0) is 10.0 Å². The monoisotopic (exact) mass is 375 g/mol. The van der Waals surface area contributed by atoms with E-state index in [1.54, 1.807) is 18.2 Å². The van der Waals surface area contributed by atoms with E-state index in [-0.39, 0.29) is 10.8 Å². The first-order chi connectivity index (χ1) is 12.4. The zero-order valence-electron chi connectivity index (χ0n) is 14.4. The maximum absolute atomic E-state index is 12.5. The van der Waals surface area contributed by atoms with Crippen molar-refractivity contribution in [1.82, 2.24) is 4.31 Å². The van der Waals surface area contributed by atoms with Gasteiger partial charge in [0.25, 0.3) is 5.91 Å². The van der Waals surface area contributed by atoms with Crippen LogP contribution >= 0.6 is 0 Å². The van der Waals surface area contributed by atoms with Gasteiger partial charge in [0.1, 0.15) is 5.75 Å². The quantitative estimate of drug-likeness (QED) is 0.781. The summed E-state index contributed by atoms with van der Waals surface area (Å²) in [6.45, 7) is 1.09. The zero-order chi connectivity index (χ0) is 18.7. The van der Waals surface area contributed by atoms with Crippen molar-refractivity contribution in [3.8, 4) is 5.75 Å². The number of anilines is 2. The molecule has 138 valence electrons. The molecule has 0 saturated carbocycles. The fraction of sp³-hybridized carbons (Fsp3) is 0.278. The number of amides is 1. The number of sulfonamides is 1. The van der Waals surface area contributed by atoms with Crippen LogP contribution in [0.3, 0.4) is 0 Å². The average molecular weight is 375 g/mol. The predicted octanol–water partition coefficient (Wildman–Crippen LogP) is 2.31. The fourth-order valence-electron chi connectivity index (χ4n) is 2.83. The Labute approximate surface area is 152 Å². The highest BCUT2D eigenvalue weighted by Crippen LogP contribution is 2.25. The van der Waals surface area contributed by atoms with Crippen molar-refractivity contribution >= 4 is 27.3 Å². The summed E-state index contributed by atoms with van der Waals surface area (Å²) in [5, 5.41) is 2.71. The van der Waals surface area contributed by atoms with Crippen LogP contribution in [0.4, 0.5) is 11.4 Å². The topological polar surface area (TPSA) is 102 Å². The van der Waals surface area contributed by atoms with Crippen molar-refractivity contribution in [3.05, 3.63) is 48.0 Å². The van der Waals surface area contributed by atoms with Crippen LogP contribution in [0.1, 0.15) is 23.2 Å². The van der Waals surface area contributed by atoms with Crippen LogP contribution in [0.25, 0.3) is 0 Å². The minimum atomic E-state index is -3.49. The highest BCUT2D eigenvalue weighted by Gasteiger charge is 2.27. The maximum atomic E-state index is 12.5. The highest BCUT2D eigenvalue weighted by molar-refractivity contribution is 7.89. The molecular weight excluding hydrogens is 354 g/mol. The first-order valence-electron chi connectivity index (χ1n) is 8.27. The van der Waals surface area contributed by atoms with E-state index in [4.69, 9.17) is 10.5 Å². The second kappa shape index (κ2) is 7.35. The molecule has 1 saturated heterocycles. The molecule has 2 aromatic rings. The molecule has 3 rings (SSSR count). The molecule has 7 nitrogen and oxygen atoms in total. The number of ether oxygens (including phenoxy) is 1. The average Bonchev–Trinajstić information content (AvgIpc) is 3.19. The zero-order valence-corrected chi connectivity index (χ0v) is 15.3. The molecular formula is C18H21N3O4S. The Bertz CT molecular complexity index is 905. The molecule has 1 aliphatic rings. The lowest BCUT2D eigenvalue weighted by Gasteiger charge is -2.15. The largest absolute Gasteiger partial charge is 0.497 e. The number of methoxy groups -OCH3 is 1. The summed E-state index contributed by atoms with van der Waals surface area (Å²) < 4.78 is 31.6. The summed E-state index contributed by atoms with van der Waals surface area (Å²) in [6.07, 6.45) is 1.76. The SMILES string of the molecule is COc1ccc(NC(=O)c2ccc(S(=O)(=O)N3CCCC3)cc2)c(N)c1. The van der Waals surface area contributed by atoms with Crippen LogP contribution in [0, 0.1) is 0 Å². The number of hydrogen-bond acceptors (Lipinski definition) is 5. The van der Waals surface area contributed by atoms with Crippen LogP contribution in [0.2, 0.25) is 0 Å². The molecule has 0 spiro atoms. The van der Waals surface area contributed by atoms with Gasteiger partial charge in [-0.1, -0.05) is 0 Å². The summed E-state index contributed by atoms with van der Waals surface area (Å²) in [5.74, 6) is 0.226. The summed E-state index contributed by atoms with van der Waals surface area (Å²) in [6, 6.07) is 10.9. The summed E-state index contributed by atoms with van der Waals surface area (Å²) in [5.41, 5.74) is 7.09. The Kier molecular flexibility index (Phi) is 5.15. The first-order valence-corrected chi connectivity index (χ1v) is 9.71. The van der Waals surface area contributed by atoms with Gasteiger partial charge < -0.3 is 15.8 Å². The van der Waals surface area contributed by atoms with Crippen molar-refractivity contribution in [2.24, 2.45) is 0 Å². The molecule has 0 aliphatic carbocycles. The minimum absolute atomic E-state index is 0.194. The molecule has 1 fully saturated rings. The van der Waals surface area contributed by atoms with Crippen molar-refractivity contribution in [3.63, 3.8) is 0 Å². The molecule has 8 heteroatoms. The van der Waals surface area contributed by atoms with E-state index in [0.717, 1.165) is 12.8 Å². The molecule has 0 atom stereocenters. The lowest BCUT2D eigenvalue weighted by atomic mass is 10.2. The lowest BCUT2D eigenvalue weighted by molar-refractivity contribution is 0.102. The van der Waals surface area contributed by atoms with Gasteiger partial charge in [-0.3, -0.25) is 4.79 Å². The number of nitrogens with two attached hydrogens (primary N) is 1. The third-order valence-corrected chi connectivity index (χ3v) is 6.24. The van der Waals surface area contributed by atoms with Gasteiger partial charge >= 0.3 is 0 Å². The van der Waals surface area contributed by atoms with Crippen LogP contribution in [0.5, 0.6) is 5.75 Å². The Balaban J connectivity index is 1.75. The molecule has 2 aromatic carbocycles. The first kappa shape index (κ1) is 18.2. The van der Waals surface area contributed by atoms with Crippen molar-refractivity contribution in [1.29, 1.82) is 0 Å². The number of rotatable bonds is 5. The Morgan fingerprint density at radius 2 is 1.77 bits per heavy atom. The van der Waals surface area contributed by atoms with Crippen molar-refractivity contribution in [2.45, 2.75) is 17.7 Å². The lowest BCUT2D eigenvalue weighted by Crippen LogP contribution is -2.27. The van der Waals surface area contributed by atoms with Crippen molar-refractivity contribution in [2.75, 3.05) is 31.2 Å². The number of nitrogen functional groups attached to an aromatic ring is 1. The third kappa shape index (κ3) is 3.66. The number of nitrogens with zero attached hydrogens (tertiary/aromatic N) is 1. The van der Waals surface area contributed by atoms with E-state index < -0.39 is 10.0 Å². The number of benzene rings is 2. The standard InChI is InChI=1S/C18H21N3O4S/c1-25-14-6-9-17(16(19)12-14)20-18(22)13-4-7-15(8-5-13)26(23,24)21-10-2-3-11-21/h4-9,12H,2-3,10-11,19H2,1H3,(H,20,22). The van der Waals surface area contributed by atoms with Gasteiger partial charge in [0, 0.05) is 24.7 Å². The third-order valence-electron chi connectivity index (χ3n) is 4.33. The summed E-state index contributed by atoms with van der Waals surface area (Å²) >= 11 is 0. The van der Waals surface area contributed by atoms with E-state index in [1.807, 2.05) is 0 Å². The van der Waals surface area contributed by atoms with Gasteiger partial charge in [-0.15, -0.1) is 0 Å². The van der Waals surface area contributed by atoms with Gasteiger partial charge in [0.15, 0.2) is 0 Å². The highest BCUT2D eigenvalue weighted by atomic mass is 32.2. The number of carbonyl (C=O) groups excluding carboxylic acids is 1. The number of carbonyl (C=O) groups is 1. The molecule has 0 bridgehead atoms. The Morgan fingerprint density at radius 1 is 1.12 bits per heavy atom. The molecule has 3 N–H and O–H groups in total. The molecule has 0 unspecified atom stereocenters. The fourth-order valence-corrected chi connectivity index (χ4v) is 4.35. The van der Waals surface area contributed by atoms with E-state index >= 15 is 0 Å². The Hall–Kier alpha value is -2.58. The smallest absolute Gasteiger partial charge is 0.255 e. The van der Waals surface area contributed by atoms with Crippen LogP contribution in [0.15, 0.2) is 47.4 Å². The van der Waals surface area contributed by atoms with Crippen LogP contribution in [-0.4, -0.2) is 38.8 Å². The Morgan fingerprint density at radius 3 is 2.35 bits per heavy atom. The van der Waals surface area contributed by atoms with E-state index in [2.05, 4.69) is 5.32 Å². The van der Waals surface area contributed by atoms with Crippen LogP contribution < -0.4 is 15.8 Å². The van der Waals surface area contributed by atoms with Gasteiger partial charge in [-0.05, 0) is 49.2 Å². The van der Waals surface area contributed by atoms with Gasteiger partial charge in [0.05, 0.1) is 23.4 Å². The number of nitrogens with one attached hydrogen (secondary N) is 1. The van der Waals surface area contributed by atoms with E-state index in [0.29, 0.717) is 35.8 Å². The minimum Gasteiger partial charge on any atom is -0.497 e. The van der Waals surface area contributed by atoms with E-state index in [9.17, 15) is 13.2 Å². The second-order valence-electron chi connectivity index (χ2n) is 6.04. The molecule has 1 aliphatic heterocycles. The normalized spacial score (nSPS) is 15.0. The molecule has 1 amide bonds. The number of hydrogen-bond donors (Lipinski definition) is 2. The molecule has 26 heavy (non-hydrogen) atoms. The van der Waals surface area contributed by atoms with Gasteiger partial charge in [-0.25, -0.2) is 8.42 Å². The van der Waals surface area contributed by atoms with E-state index in [1.165, 1.54) is 35.7 Å². The molecule has 1 heterocycles. The van der Waals surface area contributed by atoms with Gasteiger partial charge in [-0.2, -0.15) is 4.31 Å². The summed E-state index contributed by atoms with van der Waals surface area (Å²) in [4.78, 5) is 12.6. The van der Waals surface area contributed by atoms with Crippen molar-refractivity contribution < 1.29 is 17.9 Å². The molecule has 0 aromatic heterocycles. The summed E-state index contributed by atoms with van der Waals surface area (Å²) in [7, 11) is -1.95. The van der Waals surface area contributed by atoms with Gasteiger partial charge in [0.2, 0.25) is 10.0 Å². The predicted molar refractivity (Wildman–Crippen MR) is 99.8 cm³/mol.